The molecule has 1 aliphatic rings. The van der Waals surface area contributed by atoms with E-state index in [1.807, 2.05) is 39.0 Å². The molecule has 3 heteroatoms. The number of amides is 1. The minimum Gasteiger partial charge on any atom is -0.267 e. The van der Waals surface area contributed by atoms with Crippen LogP contribution in [0.15, 0.2) is 53.2 Å². The van der Waals surface area contributed by atoms with Gasteiger partial charge in [0.05, 0.1) is 5.71 Å². The van der Waals surface area contributed by atoms with Crippen LogP contribution in [0.1, 0.15) is 42.6 Å². The zero-order valence-corrected chi connectivity index (χ0v) is 12.9. The smallest absolute Gasteiger partial charge is 0.267 e. The molecule has 1 aromatic rings. The molecule has 1 aliphatic carbocycles. The number of nitrogens with one attached hydrogen (secondary N) is 1. The molecule has 110 valence electrons. The predicted octanol–water partition coefficient (Wildman–Crippen LogP) is 4.01. The molecule has 0 saturated carbocycles. The summed E-state index contributed by atoms with van der Waals surface area (Å²) in [4.78, 5) is 12.1. The Bertz CT molecular complexity index is 626. The summed E-state index contributed by atoms with van der Waals surface area (Å²) in [6.45, 7) is 10.1. The lowest BCUT2D eigenvalue weighted by Gasteiger charge is -2.22. The van der Waals surface area contributed by atoms with Crippen molar-refractivity contribution in [3.8, 4) is 0 Å². The monoisotopic (exact) mass is 282 g/mol. The van der Waals surface area contributed by atoms with Crippen molar-refractivity contribution in [3.05, 3.63) is 59.2 Å². The quantitative estimate of drug-likeness (QED) is 0.660. The highest BCUT2D eigenvalue weighted by atomic mass is 16.2. The minimum atomic E-state index is -0.170. The number of benzene rings is 1. The van der Waals surface area contributed by atoms with Crippen LogP contribution >= 0.6 is 0 Å². The summed E-state index contributed by atoms with van der Waals surface area (Å²) >= 11 is 0. The first-order valence-corrected chi connectivity index (χ1v) is 7.23. The Kier molecular flexibility index (Phi) is 4.73. The van der Waals surface area contributed by atoms with Crippen molar-refractivity contribution in [1.82, 2.24) is 5.43 Å². The van der Waals surface area contributed by atoms with Crippen molar-refractivity contribution in [2.45, 2.75) is 33.6 Å². The van der Waals surface area contributed by atoms with E-state index in [0.717, 1.165) is 35.3 Å². The summed E-state index contributed by atoms with van der Waals surface area (Å²) in [5.41, 5.74) is 7.60. The van der Waals surface area contributed by atoms with Gasteiger partial charge in [-0.1, -0.05) is 35.9 Å². The highest BCUT2D eigenvalue weighted by molar-refractivity contribution is 6.02. The fraction of sp³-hybridized carbons (Fsp3) is 0.333. The van der Waals surface area contributed by atoms with E-state index in [4.69, 9.17) is 0 Å². The molecule has 2 rings (SSSR count). The van der Waals surface area contributed by atoms with Gasteiger partial charge in [-0.3, -0.25) is 4.79 Å². The van der Waals surface area contributed by atoms with E-state index in [-0.39, 0.29) is 5.91 Å². The molecule has 0 aromatic heterocycles. The van der Waals surface area contributed by atoms with Crippen LogP contribution in [-0.2, 0) is 0 Å². The van der Waals surface area contributed by atoms with E-state index >= 15 is 0 Å². The molecule has 0 heterocycles. The van der Waals surface area contributed by atoms with Crippen molar-refractivity contribution in [1.29, 1.82) is 0 Å². The van der Waals surface area contributed by atoms with Gasteiger partial charge in [0.2, 0.25) is 0 Å². The Morgan fingerprint density at radius 1 is 1.38 bits per heavy atom. The van der Waals surface area contributed by atoms with E-state index in [1.165, 1.54) is 0 Å². The van der Waals surface area contributed by atoms with E-state index in [2.05, 4.69) is 23.2 Å². The second-order valence-corrected chi connectivity index (χ2v) is 5.74. The summed E-state index contributed by atoms with van der Waals surface area (Å²) in [5.74, 6) is 0.250. The molecule has 0 fully saturated rings. The van der Waals surface area contributed by atoms with Crippen LogP contribution in [-0.4, -0.2) is 11.6 Å². The number of carbonyl (C=O) groups excluding carboxylic acids is 1. The van der Waals surface area contributed by atoms with Crippen LogP contribution in [0.2, 0.25) is 0 Å². The SMILES string of the molecule is C=C(C)C1CC=C(C)/C(=N/NC(=O)c2cccc(C)c2)C1. The van der Waals surface area contributed by atoms with Crippen molar-refractivity contribution < 1.29 is 4.79 Å². The van der Waals surface area contributed by atoms with Crippen molar-refractivity contribution in [3.63, 3.8) is 0 Å². The Hall–Kier alpha value is -2.16. The van der Waals surface area contributed by atoms with Gasteiger partial charge in [-0.25, -0.2) is 5.43 Å². The summed E-state index contributed by atoms with van der Waals surface area (Å²) < 4.78 is 0. The minimum absolute atomic E-state index is 0.170. The second-order valence-electron chi connectivity index (χ2n) is 5.74. The summed E-state index contributed by atoms with van der Waals surface area (Å²) in [5, 5.41) is 4.31. The first-order valence-electron chi connectivity index (χ1n) is 7.23. The molecule has 1 atom stereocenters. The number of hydrazone groups is 1. The second kappa shape index (κ2) is 6.53. The first-order chi connectivity index (χ1) is 9.97. The highest BCUT2D eigenvalue weighted by Crippen LogP contribution is 2.26. The largest absolute Gasteiger partial charge is 0.271 e. The van der Waals surface area contributed by atoms with Gasteiger partial charge in [-0.05, 0) is 57.2 Å². The number of rotatable bonds is 3. The van der Waals surface area contributed by atoms with E-state index in [1.54, 1.807) is 6.07 Å². The molecular formula is C18H22N2O. The maximum absolute atomic E-state index is 12.1. The first kappa shape index (κ1) is 15.2. The Morgan fingerprint density at radius 3 is 2.81 bits per heavy atom. The van der Waals surface area contributed by atoms with Crippen LogP contribution in [0, 0.1) is 12.8 Å². The average Bonchev–Trinajstić information content (AvgIpc) is 2.45. The third-order valence-corrected chi connectivity index (χ3v) is 3.87. The number of hydrogen-bond donors (Lipinski definition) is 1. The van der Waals surface area contributed by atoms with E-state index < -0.39 is 0 Å². The standard InChI is InChI=1S/C18H22N2O/c1-12(2)15-9-8-14(4)17(11-15)19-20-18(21)16-7-5-6-13(3)10-16/h5-8,10,15H,1,9,11H2,2-4H3,(H,20,21)/b19-17+. The Morgan fingerprint density at radius 2 is 2.14 bits per heavy atom. The summed E-state index contributed by atoms with van der Waals surface area (Å²) in [6, 6.07) is 7.49. The molecule has 0 spiro atoms. The molecule has 1 aromatic carbocycles. The molecule has 3 nitrogen and oxygen atoms in total. The van der Waals surface area contributed by atoms with Gasteiger partial charge in [0.1, 0.15) is 0 Å². The van der Waals surface area contributed by atoms with Gasteiger partial charge >= 0.3 is 0 Å². The summed E-state index contributed by atoms with van der Waals surface area (Å²) in [7, 11) is 0. The van der Waals surface area contributed by atoms with Gasteiger partial charge in [0, 0.05) is 5.56 Å². The fourth-order valence-electron chi connectivity index (χ4n) is 2.39. The van der Waals surface area contributed by atoms with Gasteiger partial charge < -0.3 is 0 Å². The van der Waals surface area contributed by atoms with Crippen LogP contribution in [0.4, 0.5) is 0 Å². The number of nitrogens with zero attached hydrogens (tertiary/aromatic N) is 1. The third kappa shape index (κ3) is 3.91. The summed E-state index contributed by atoms with van der Waals surface area (Å²) in [6.07, 6.45) is 4.01. The fourth-order valence-corrected chi connectivity index (χ4v) is 2.39. The maximum Gasteiger partial charge on any atom is 0.271 e. The van der Waals surface area contributed by atoms with Crippen molar-refractivity contribution in [2.24, 2.45) is 11.0 Å². The zero-order chi connectivity index (χ0) is 15.4. The Balaban J connectivity index is 2.09. The number of allylic oxidation sites excluding steroid dienone is 3. The van der Waals surface area contributed by atoms with Gasteiger partial charge in [-0.2, -0.15) is 5.10 Å². The molecule has 0 bridgehead atoms. The topological polar surface area (TPSA) is 41.5 Å². The van der Waals surface area contributed by atoms with Crippen LogP contribution in [0.5, 0.6) is 0 Å². The zero-order valence-electron chi connectivity index (χ0n) is 12.9. The third-order valence-electron chi connectivity index (χ3n) is 3.87. The number of carbonyl (C=O) groups is 1. The number of hydrogen-bond acceptors (Lipinski definition) is 2. The molecule has 0 radical (unpaired) electrons. The molecule has 1 amide bonds. The Labute approximate surface area is 126 Å². The molecule has 21 heavy (non-hydrogen) atoms. The lowest BCUT2D eigenvalue weighted by atomic mass is 9.85. The van der Waals surface area contributed by atoms with Crippen LogP contribution < -0.4 is 5.43 Å². The lowest BCUT2D eigenvalue weighted by molar-refractivity contribution is 0.0954. The van der Waals surface area contributed by atoms with E-state index in [9.17, 15) is 4.79 Å². The number of aryl methyl sites for hydroxylation is 1. The molecule has 1 unspecified atom stereocenters. The van der Waals surface area contributed by atoms with Crippen LogP contribution in [0.25, 0.3) is 0 Å². The van der Waals surface area contributed by atoms with Gasteiger partial charge in [-0.15, -0.1) is 0 Å². The van der Waals surface area contributed by atoms with Crippen molar-refractivity contribution >= 4 is 11.6 Å². The average molecular weight is 282 g/mol. The molecule has 0 saturated heterocycles. The van der Waals surface area contributed by atoms with E-state index in [0.29, 0.717) is 11.5 Å². The van der Waals surface area contributed by atoms with Crippen LogP contribution in [0.3, 0.4) is 0 Å². The normalized spacial score (nSPS) is 20.0. The molecule has 0 aliphatic heterocycles. The highest BCUT2D eigenvalue weighted by Gasteiger charge is 2.18. The predicted molar refractivity (Wildman–Crippen MR) is 87.4 cm³/mol. The van der Waals surface area contributed by atoms with Gasteiger partial charge in [0.15, 0.2) is 0 Å². The molecule has 1 N–H and O–H groups in total. The maximum atomic E-state index is 12.1. The molecular weight excluding hydrogens is 260 g/mol. The van der Waals surface area contributed by atoms with Crippen molar-refractivity contribution in [2.75, 3.05) is 0 Å². The lowest BCUT2D eigenvalue weighted by Crippen LogP contribution is -2.23. The van der Waals surface area contributed by atoms with Gasteiger partial charge in [0.25, 0.3) is 5.91 Å².